The van der Waals surface area contributed by atoms with E-state index in [1.807, 2.05) is 3.58 Å². The van der Waals surface area contributed by atoms with Crippen LogP contribution in [0.25, 0.3) is 0 Å². The molecule has 2 heterocycles. The van der Waals surface area contributed by atoms with Gasteiger partial charge in [0.1, 0.15) is 0 Å². The standard InChI is InChI=1S/C3H3I/c1-3-2-4(1)3/h1H,2H2. The molecule has 1 fully saturated rings. The molecule has 0 radical (unpaired) electrons. The second-order valence-corrected chi connectivity index (χ2v) is 6.12. The summed E-state index contributed by atoms with van der Waals surface area (Å²) in [6.45, 7) is 0. The Morgan fingerprint density at radius 2 is 2.25 bits per heavy atom. The summed E-state index contributed by atoms with van der Waals surface area (Å²) in [4.78, 5) is 0. The van der Waals surface area contributed by atoms with Crippen LogP contribution in [0.3, 0.4) is 0 Å². The van der Waals surface area contributed by atoms with Gasteiger partial charge in [-0.1, -0.05) is 0 Å². The van der Waals surface area contributed by atoms with Gasteiger partial charge in [0, 0.05) is 0 Å². The Kier molecular flexibility index (Phi) is 0.133. The zero-order valence-corrected chi connectivity index (χ0v) is 4.32. The van der Waals surface area contributed by atoms with Crippen LogP contribution in [0, 0.1) is 0 Å². The molecule has 22 valence electrons. The molecule has 4 heavy (non-hydrogen) atoms. The van der Waals surface area contributed by atoms with E-state index in [-0.39, 0.29) is 19.8 Å². The molecule has 1 heteroatoms. The first-order valence-corrected chi connectivity index (χ1v) is 5.17. The van der Waals surface area contributed by atoms with Crippen LogP contribution in [0.1, 0.15) is 0 Å². The molecule has 1 saturated heterocycles. The molecule has 0 spiro atoms. The summed E-state index contributed by atoms with van der Waals surface area (Å²) in [7, 11) is 0. The van der Waals surface area contributed by atoms with Crippen molar-refractivity contribution < 1.29 is 0 Å². The fourth-order valence-corrected chi connectivity index (χ4v) is 3.66. The summed E-state index contributed by atoms with van der Waals surface area (Å²) in [6.07, 6.45) is 0. The zero-order valence-electron chi connectivity index (χ0n) is 2.16. The molecule has 0 N–H and O–H groups in total. The van der Waals surface area contributed by atoms with Crippen molar-refractivity contribution in [2.75, 3.05) is 4.43 Å². The second kappa shape index (κ2) is 0.295. The van der Waals surface area contributed by atoms with Gasteiger partial charge in [-0.2, -0.15) is 0 Å². The Hall–Kier alpha value is 0.470. The summed E-state index contributed by atoms with van der Waals surface area (Å²) in [5, 5.41) is 0. The van der Waals surface area contributed by atoms with Gasteiger partial charge in [-0.25, -0.2) is 0 Å². The van der Waals surface area contributed by atoms with Crippen LogP contribution < -0.4 is 0 Å². The average molecular weight is 166 g/mol. The minimum absolute atomic E-state index is 0.0550. The van der Waals surface area contributed by atoms with Gasteiger partial charge in [0.2, 0.25) is 0 Å². The van der Waals surface area contributed by atoms with Gasteiger partial charge in [0.05, 0.1) is 0 Å². The molecule has 0 aliphatic carbocycles. The first-order chi connectivity index (χ1) is 1.97. The van der Waals surface area contributed by atoms with Crippen molar-refractivity contribution in [1.82, 2.24) is 0 Å². The Labute approximate surface area is 32.3 Å². The summed E-state index contributed by atoms with van der Waals surface area (Å²) in [6, 6.07) is 0. The van der Waals surface area contributed by atoms with Gasteiger partial charge >= 0.3 is 31.9 Å². The van der Waals surface area contributed by atoms with E-state index >= 15 is 0 Å². The van der Waals surface area contributed by atoms with E-state index in [1.54, 1.807) is 4.43 Å². The van der Waals surface area contributed by atoms with Crippen LogP contribution in [0.4, 0.5) is 0 Å². The number of halogens is 1. The third-order valence-corrected chi connectivity index (χ3v) is 4.73. The van der Waals surface area contributed by atoms with Gasteiger partial charge in [0.25, 0.3) is 0 Å². The van der Waals surface area contributed by atoms with Gasteiger partial charge < -0.3 is 0 Å². The summed E-state index contributed by atoms with van der Waals surface area (Å²) in [5.41, 5.74) is 0. The Morgan fingerprint density at radius 1 is 2.00 bits per heavy atom. The van der Waals surface area contributed by atoms with Gasteiger partial charge in [-0.15, -0.1) is 0 Å². The number of alkyl halides is 1. The predicted molar refractivity (Wildman–Crippen MR) is 27.0 cm³/mol. The first-order valence-electron chi connectivity index (χ1n) is 1.32. The van der Waals surface area contributed by atoms with Crippen molar-refractivity contribution in [3.05, 3.63) is 7.66 Å². The molecule has 0 nitrogen and oxygen atoms in total. The Balaban J connectivity index is 2.85. The number of hydrogen-bond donors (Lipinski definition) is 0. The molecule has 2 aliphatic rings. The molecule has 0 unspecified atom stereocenters. The minimum atomic E-state index is -0.0550. The zero-order chi connectivity index (χ0) is 2.57. The van der Waals surface area contributed by atoms with Crippen LogP contribution >= 0.6 is 19.8 Å². The van der Waals surface area contributed by atoms with E-state index in [2.05, 4.69) is 4.08 Å². The van der Waals surface area contributed by atoms with E-state index in [9.17, 15) is 0 Å². The third-order valence-electron chi connectivity index (χ3n) is 0.706. The van der Waals surface area contributed by atoms with E-state index in [0.29, 0.717) is 0 Å². The van der Waals surface area contributed by atoms with Crippen LogP contribution in [0.15, 0.2) is 7.66 Å². The van der Waals surface area contributed by atoms with Gasteiger partial charge in [0.15, 0.2) is 0 Å². The quantitative estimate of drug-likeness (QED) is 0.376. The van der Waals surface area contributed by atoms with Crippen LogP contribution in [0.5, 0.6) is 0 Å². The number of allylic oxidation sites excluding steroid dienone is 1. The topological polar surface area (TPSA) is 0 Å². The van der Waals surface area contributed by atoms with E-state index < -0.39 is 0 Å². The van der Waals surface area contributed by atoms with E-state index in [4.69, 9.17) is 0 Å². The molecule has 0 aromatic carbocycles. The first kappa shape index (κ1) is 1.80. The Morgan fingerprint density at radius 3 is 2.25 bits per heavy atom. The van der Waals surface area contributed by atoms with E-state index in [1.165, 1.54) is 0 Å². The number of rotatable bonds is 0. The van der Waals surface area contributed by atoms with Crippen molar-refractivity contribution in [1.29, 1.82) is 0 Å². The van der Waals surface area contributed by atoms with Gasteiger partial charge in [-0.3, -0.25) is 0 Å². The van der Waals surface area contributed by atoms with E-state index in [0.717, 1.165) is 0 Å². The van der Waals surface area contributed by atoms with Crippen molar-refractivity contribution in [2.45, 2.75) is 0 Å². The van der Waals surface area contributed by atoms with Crippen molar-refractivity contribution >= 4 is 19.8 Å². The molecule has 0 aromatic heterocycles. The fraction of sp³-hybridized carbons (Fsp3) is 0.333. The van der Waals surface area contributed by atoms with Gasteiger partial charge in [-0.05, 0) is 0 Å². The fourth-order valence-electron chi connectivity index (χ4n) is 0.213. The summed E-state index contributed by atoms with van der Waals surface area (Å²) < 4.78 is 5.93. The van der Waals surface area contributed by atoms with Crippen molar-refractivity contribution in [3.8, 4) is 0 Å². The second-order valence-electron chi connectivity index (χ2n) is 1.09. The van der Waals surface area contributed by atoms with Crippen LogP contribution in [0.2, 0.25) is 0 Å². The average Bonchev–Trinajstić information content (AvgIpc) is 1.36. The molecule has 0 amide bonds. The summed E-state index contributed by atoms with van der Waals surface area (Å²) in [5.74, 6) is 0. The molecular formula is C3H3I. The number of hydrogen-bond acceptors (Lipinski definition) is 0. The van der Waals surface area contributed by atoms with Crippen molar-refractivity contribution in [2.24, 2.45) is 0 Å². The maximum absolute atomic E-state index is 2.46. The molecule has 0 saturated carbocycles. The van der Waals surface area contributed by atoms with Crippen LogP contribution in [-0.4, -0.2) is 4.43 Å². The Bertz CT molecular complexity index is 83.3. The third kappa shape index (κ3) is 0.0744. The van der Waals surface area contributed by atoms with Crippen LogP contribution in [-0.2, 0) is 0 Å². The van der Waals surface area contributed by atoms with Crippen molar-refractivity contribution in [3.63, 3.8) is 0 Å². The molecule has 2 rings (SSSR count). The molecule has 2 aliphatic heterocycles. The molecule has 0 aromatic rings. The number of fused-ring (bicyclic) bond motifs is 1. The SMILES string of the molecule is C1=C2CI12. The summed E-state index contributed by atoms with van der Waals surface area (Å²) >= 11 is -0.0550. The molecular weight excluding hydrogens is 163 g/mol. The predicted octanol–water partition coefficient (Wildman–Crippen LogP) is 1.36. The normalized spacial score (nSPS) is 37.0. The maximum atomic E-state index is 2.46. The monoisotopic (exact) mass is 166 g/mol. The molecule has 0 atom stereocenters. The molecule has 0 bridgehead atoms.